The second-order valence-corrected chi connectivity index (χ2v) is 3.90. The highest BCUT2D eigenvalue weighted by atomic mass is 15.2. The van der Waals surface area contributed by atoms with Crippen molar-refractivity contribution in [1.82, 2.24) is 28.9 Å². The van der Waals surface area contributed by atoms with Crippen molar-refractivity contribution in [2.45, 2.75) is 0 Å². The van der Waals surface area contributed by atoms with E-state index in [9.17, 15) is 0 Å². The molecule has 0 aliphatic rings. The summed E-state index contributed by atoms with van der Waals surface area (Å²) in [7, 11) is 0. The SMILES string of the molecule is c1cnc2ncc3nc(-n4ccnc4)cn3c2c1. The van der Waals surface area contributed by atoms with Crippen molar-refractivity contribution in [3.8, 4) is 5.82 Å². The van der Waals surface area contributed by atoms with Gasteiger partial charge >= 0.3 is 0 Å². The molecule has 0 atom stereocenters. The summed E-state index contributed by atoms with van der Waals surface area (Å²) in [4.78, 5) is 17.0. The number of pyridine rings is 1. The summed E-state index contributed by atoms with van der Waals surface area (Å²) in [6, 6.07) is 3.86. The van der Waals surface area contributed by atoms with Crippen LogP contribution in [0.25, 0.3) is 22.6 Å². The predicted octanol–water partition coefficient (Wildman–Crippen LogP) is 1.46. The smallest absolute Gasteiger partial charge is 0.176 e. The van der Waals surface area contributed by atoms with Crippen LogP contribution in [0.3, 0.4) is 0 Å². The molecule has 0 aliphatic heterocycles. The molecule has 0 saturated heterocycles. The number of hydrogen-bond donors (Lipinski definition) is 0. The van der Waals surface area contributed by atoms with Crippen LogP contribution >= 0.6 is 0 Å². The Morgan fingerprint density at radius 1 is 1.11 bits per heavy atom. The zero-order valence-corrected chi connectivity index (χ0v) is 9.30. The van der Waals surface area contributed by atoms with Gasteiger partial charge in [-0.1, -0.05) is 0 Å². The highest BCUT2D eigenvalue weighted by Crippen LogP contribution is 2.14. The van der Waals surface area contributed by atoms with Crippen LogP contribution in [0.2, 0.25) is 0 Å². The molecule has 0 aliphatic carbocycles. The molecular weight excluding hydrogens is 228 g/mol. The molecule has 0 N–H and O–H groups in total. The largest absolute Gasteiger partial charge is 0.293 e. The summed E-state index contributed by atoms with van der Waals surface area (Å²) in [5.41, 5.74) is 2.44. The van der Waals surface area contributed by atoms with Crippen molar-refractivity contribution in [3.63, 3.8) is 0 Å². The fourth-order valence-electron chi connectivity index (χ4n) is 1.98. The van der Waals surface area contributed by atoms with Crippen molar-refractivity contribution in [1.29, 1.82) is 0 Å². The molecule has 0 aromatic carbocycles. The van der Waals surface area contributed by atoms with Gasteiger partial charge in [-0.3, -0.25) is 8.97 Å². The molecule has 0 fully saturated rings. The molecule has 0 radical (unpaired) electrons. The molecular formula is C12H8N6. The maximum atomic E-state index is 4.50. The number of fused-ring (bicyclic) bond motifs is 3. The van der Waals surface area contributed by atoms with Crippen molar-refractivity contribution in [2.24, 2.45) is 0 Å². The first-order chi connectivity index (χ1) is 8.92. The van der Waals surface area contributed by atoms with Gasteiger partial charge in [-0.25, -0.2) is 19.9 Å². The topological polar surface area (TPSA) is 60.9 Å². The van der Waals surface area contributed by atoms with Crippen LogP contribution in [0.15, 0.2) is 49.4 Å². The van der Waals surface area contributed by atoms with E-state index in [1.165, 1.54) is 0 Å². The maximum absolute atomic E-state index is 4.50. The summed E-state index contributed by atoms with van der Waals surface area (Å²) >= 11 is 0. The van der Waals surface area contributed by atoms with E-state index in [0.717, 1.165) is 17.0 Å². The molecule has 4 aromatic heterocycles. The van der Waals surface area contributed by atoms with Crippen LogP contribution in [0.1, 0.15) is 0 Å². The van der Waals surface area contributed by atoms with Gasteiger partial charge in [-0.2, -0.15) is 0 Å². The van der Waals surface area contributed by atoms with Crippen LogP contribution < -0.4 is 0 Å². The minimum absolute atomic E-state index is 0.708. The Bertz CT molecular complexity index is 830. The lowest BCUT2D eigenvalue weighted by atomic mass is 10.4. The Balaban J connectivity index is 2.08. The second kappa shape index (κ2) is 3.36. The molecule has 4 aromatic rings. The van der Waals surface area contributed by atoms with Gasteiger partial charge in [0.15, 0.2) is 17.1 Å². The lowest BCUT2D eigenvalue weighted by Gasteiger charge is -1.98. The average Bonchev–Trinajstić information content (AvgIpc) is 3.07. The van der Waals surface area contributed by atoms with Crippen LogP contribution in [0, 0.1) is 0 Å². The molecule has 0 amide bonds. The maximum Gasteiger partial charge on any atom is 0.176 e. The van der Waals surface area contributed by atoms with Gasteiger partial charge < -0.3 is 0 Å². The first kappa shape index (κ1) is 9.29. The zero-order valence-electron chi connectivity index (χ0n) is 9.30. The number of rotatable bonds is 1. The molecule has 0 bridgehead atoms. The van der Waals surface area contributed by atoms with Crippen molar-refractivity contribution in [3.05, 3.63) is 49.4 Å². The zero-order chi connectivity index (χ0) is 11.9. The van der Waals surface area contributed by atoms with Crippen LogP contribution in [-0.2, 0) is 0 Å². The van der Waals surface area contributed by atoms with Crippen molar-refractivity contribution >= 4 is 16.8 Å². The normalized spacial score (nSPS) is 11.3. The van der Waals surface area contributed by atoms with E-state index in [4.69, 9.17) is 0 Å². The van der Waals surface area contributed by atoms with Gasteiger partial charge in [-0.15, -0.1) is 0 Å². The molecule has 4 rings (SSSR count). The van der Waals surface area contributed by atoms with Gasteiger partial charge in [0.2, 0.25) is 0 Å². The molecule has 6 heteroatoms. The van der Waals surface area contributed by atoms with E-state index in [-0.39, 0.29) is 0 Å². The van der Waals surface area contributed by atoms with E-state index in [2.05, 4.69) is 19.9 Å². The summed E-state index contributed by atoms with van der Waals surface area (Å²) < 4.78 is 3.83. The van der Waals surface area contributed by atoms with Gasteiger partial charge in [0.25, 0.3) is 0 Å². The molecule has 18 heavy (non-hydrogen) atoms. The van der Waals surface area contributed by atoms with Gasteiger partial charge in [0.05, 0.1) is 17.9 Å². The molecule has 6 nitrogen and oxygen atoms in total. The van der Waals surface area contributed by atoms with E-state index < -0.39 is 0 Å². The quantitative estimate of drug-likeness (QED) is 0.502. The molecule has 0 saturated carbocycles. The van der Waals surface area contributed by atoms with Gasteiger partial charge in [0, 0.05) is 18.6 Å². The molecule has 4 heterocycles. The minimum Gasteiger partial charge on any atom is -0.293 e. The first-order valence-electron chi connectivity index (χ1n) is 5.49. The second-order valence-electron chi connectivity index (χ2n) is 3.90. The number of imidazole rings is 2. The van der Waals surface area contributed by atoms with Crippen LogP contribution in [0.4, 0.5) is 0 Å². The molecule has 0 spiro atoms. The molecule has 0 unspecified atom stereocenters. The number of hydrogen-bond acceptors (Lipinski definition) is 4. The lowest BCUT2D eigenvalue weighted by Crippen LogP contribution is -1.91. The summed E-state index contributed by atoms with van der Waals surface area (Å²) in [5, 5.41) is 0. The Morgan fingerprint density at radius 2 is 2.11 bits per heavy atom. The van der Waals surface area contributed by atoms with E-state index in [1.54, 1.807) is 24.9 Å². The van der Waals surface area contributed by atoms with Gasteiger partial charge in [-0.05, 0) is 12.1 Å². The van der Waals surface area contributed by atoms with Crippen LogP contribution in [-0.4, -0.2) is 28.9 Å². The number of aromatic nitrogens is 6. The highest BCUT2D eigenvalue weighted by molar-refractivity contribution is 5.73. The number of nitrogens with zero attached hydrogens (tertiary/aromatic N) is 6. The molecule has 86 valence electrons. The predicted molar refractivity (Wildman–Crippen MR) is 65.4 cm³/mol. The van der Waals surface area contributed by atoms with Crippen molar-refractivity contribution in [2.75, 3.05) is 0 Å². The van der Waals surface area contributed by atoms with Crippen molar-refractivity contribution < 1.29 is 0 Å². The third-order valence-corrected chi connectivity index (χ3v) is 2.82. The van der Waals surface area contributed by atoms with E-state index in [0.29, 0.717) is 5.65 Å². The van der Waals surface area contributed by atoms with E-state index >= 15 is 0 Å². The first-order valence-corrected chi connectivity index (χ1v) is 5.49. The summed E-state index contributed by atoms with van der Waals surface area (Å²) in [5.74, 6) is 0.811. The summed E-state index contributed by atoms with van der Waals surface area (Å²) in [6.07, 6.45) is 10.7. The monoisotopic (exact) mass is 236 g/mol. The summed E-state index contributed by atoms with van der Waals surface area (Å²) in [6.45, 7) is 0. The standard InChI is InChI=1S/C12H8N6/c1-2-9-12(14-3-1)15-6-10-16-11(7-18(9)10)17-5-4-13-8-17/h1-8H. The fraction of sp³-hybridized carbons (Fsp3) is 0. The highest BCUT2D eigenvalue weighted by Gasteiger charge is 2.06. The Morgan fingerprint density at radius 3 is 3.00 bits per heavy atom. The lowest BCUT2D eigenvalue weighted by molar-refractivity contribution is 1.01. The van der Waals surface area contributed by atoms with Crippen LogP contribution in [0.5, 0.6) is 0 Å². The fourth-order valence-corrected chi connectivity index (χ4v) is 1.98. The average molecular weight is 236 g/mol. The van der Waals surface area contributed by atoms with Gasteiger partial charge in [0.1, 0.15) is 6.33 Å². The van der Waals surface area contributed by atoms with E-state index in [1.807, 2.05) is 33.5 Å². The Kier molecular flexibility index (Phi) is 1.74. The Hall–Kier alpha value is -2.76. The third kappa shape index (κ3) is 1.22. The Labute approximate surface area is 102 Å². The minimum atomic E-state index is 0.708. The third-order valence-electron chi connectivity index (χ3n) is 2.82.